The normalized spacial score (nSPS) is 9.10. The molecule has 0 aliphatic rings. The number of hydrogen-bond acceptors (Lipinski definition) is 4. The van der Waals surface area contributed by atoms with Crippen molar-refractivity contribution >= 4 is 14.1 Å². The first-order valence-electron chi connectivity index (χ1n) is 1.93. The maximum atomic E-state index is 9.22. The molecule has 6 nitrogen and oxygen atoms in total. The van der Waals surface area contributed by atoms with Crippen molar-refractivity contribution < 1.29 is 29.1 Å². The number of phosphoric acid groups is 1. The van der Waals surface area contributed by atoms with Crippen molar-refractivity contribution in [2.75, 3.05) is 0 Å². The van der Waals surface area contributed by atoms with Crippen molar-refractivity contribution in [3.8, 4) is 0 Å². The Kier molecular flexibility index (Phi) is 8.04. The molecule has 0 aliphatic carbocycles. The Morgan fingerprint density at radius 3 is 1.70 bits per heavy atom. The average molecular weight is 170 g/mol. The minimum absolute atomic E-state index is 0.639. The van der Waals surface area contributed by atoms with Gasteiger partial charge in [0.25, 0.3) is 0 Å². The van der Waals surface area contributed by atoms with E-state index in [9.17, 15) is 4.57 Å². The minimum atomic E-state index is -4.59. The first-order valence-corrected chi connectivity index (χ1v) is 3.46. The molecule has 3 N–H and O–H groups in total. The van der Waals surface area contributed by atoms with Crippen LogP contribution in [0.4, 0.5) is 0 Å². The van der Waals surface area contributed by atoms with Crippen LogP contribution >= 0.6 is 7.82 Å². The Bertz CT molecular complexity index is 130. The second-order valence-electron chi connectivity index (χ2n) is 0.944. The molecule has 0 spiro atoms. The molecule has 7 heteroatoms. The Labute approximate surface area is 56.9 Å². The lowest BCUT2D eigenvalue weighted by Crippen LogP contribution is -1.77. The summed E-state index contributed by atoms with van der Waals surface area (Å²) in [4.78, 5) is 24.0. The van der Waals surface area contributed by atoms with Crippen LogP contribution in [-0.2, 0) is 14.0 Å². The molecular weight excluding hydrogens is 163 g/mol. The number of aldehydes is 1. The van der Waals surface area contributed by atoms with Crippen LogP contribution < -0.4 is 0 Å². The number of rotatable bonds is 2. The fourth-order valence-corrected chi connectivity index (χ4v) is 0. The van der Waals surface area contributed by atoms with Gasteiger partial charge in [-0.2, -0.15) is 0 Å². The maximum Gasteiger partial charge on any atom is 0.496 e. The van der Waals surface area contributed by atoms with Crippen LogP contribution in [0.1, 0.15) is 0 Å². The molecule has 0 aromatic heterocycles. The highest BCUT2D eigenvalue weighted by atomic mass is 31.2. The largest absolute Gasteiger partial charge is 0.496 e. The van der Waals surface area contributed by atoms with E-state index in [2.05, 4.69) is 11.3 Å². The zero-order valence-electron chi connectivity index (χ0n) is 4.88. The van der Waals surface area contributed by atoms with Gasteiger partial charge in [-0.25, -0.2) is 9.82 Å². The van der Waals surface area contributed by atoms with Crippen molar-refractivity contribution in [1.82, 2.24) is 0 Å². The smallest absolute Gasteiger partial charge is 0.301 e. The molecule has 0 atom stereocenters. The van der Waals surface area contributed by atoms with E-state index in [1.807, 2.05) is 0 Å². The van der Waals surface area contributed by atoms with Crippen LogP contribution in [0, 0.1) is 0 Å². The molecule has 0 aliphatic heterocycles. The molecule has 0 saturated carbocycles. The zero-order chi connectivity index (χ0) is 8.62. The lowest BCUT2D eigenvalue weighted by molar-refractivity contribution is -0.158. The second-order valence-corrected chi connectivity index (χ2v) is 2.09. The van der Waals surface area contributed by atoms with Gasteiger partial charge in [-0.05, 0) is 6.08 Å². The van der Waals surface area contributed by atoms with E-state index in [-0.39, 0.29) is 0 Å². The number of hydrogen-bond donors (Lipinski definition) is 3. The first-order chi connectivity index (χ1) is 4.47. The van der Waals surface area contributed by atoms with Gasteiger partial charge in [0.2, 0.25) is 0 Å². The molecule has 0 unspecified atom stereocenters. The van der Waals surface area contributed by atoms with Gasteiger partial charge in [0, 0.05) is 0 Å². The van der Waals surface area contributed by atoms with Crippen LogP contribution in [0.25, 0.3) is 0 Å². The summed E-state index contributed by atoms with van der Waals surface area (Å²) in [6.45, 7) is 3.11. The topological polar surface area (TPSA) is 104 Å². The fourth-order valence-electron chi connectivity index (χ4n) is 0. The minimum Gasteiger partial charge on any atom is -0.301 e. The lowest BCUT2D eigenvalue weighted by Gasteiger charge is -1.90. The summed E-state index contributed by atoms with van der Waals surface area (Å²) in [5.41, 5.74) is 0. The van der Waals surface area contributed by atoms with Crippen LogP contribution in [0.15, 0.2) is 12.7 Å². The maximum absolute atomic E-state index is 9.22. The monoisotopic (exact) mass is 170 g/mol. The third kappa shape index (κ3) is 25.9. The summed E-state index contributed by atoms with van der Waals surface area (Å²) in [6.07, 6.45) is 1.83. The molecule has 10 heavy (non-hydrogen) atoms. The Morgan fingerprint density at radius 2 is 1.70 bits per heavy atom. The van der Waals surface area contributed by atoms with Gasteiger partial charge in [-0.1, -0.05) is 6.58 Å². The van der Waals surface area contributed by atoms with E-state index in [0.29, 0.717) is 6.29 Å². The Morgan fingerprint density at radius 1 is 1.50 bits per heavy atom. The SMILES string of the molecule is C=CC=O.O=P(O)(O)OO. The molecule has 0 aromatic rings. The summed E-state index contributed by atoms with van der Waals surface area (Å²) >= 11 is 0. The average Bonchev–Trinajstić information content (AvgIpc) is 1.87. The Balaban J connectivity index is 0. The molecule has 0 saturated heterocycles. The third-order valence-electron chi connectivity index (χ3n) is 0.203. The van der Waals surface area contributed by atoms with Crippen molar-refractivity contribution in [3.63, 3.8) is 0 Å². The fraction of sp³-hybridized carbons (Fsp3) is 0. The molecule has 0 heterocycles. The van der Waals surface area contributed by atoms with E-state index < -0.39 is 7.82 Å². The molecule has 0 rings (SSSR count). The molecule has 60 valence electrons. The number of carbonyl (C=O) groups is 1. The number of allylic oxidation sites excluding steroid dienone is 1. The standard InChI is InChI=1S/C3H4O.H3O5P/c1-2-3-4;1-5-6(2,3)4/h2-3H,1H2;1H,(H2,2,3,4). The van der Waals surface area contributed by atoms with Crippen LogP contribution in [-0.4, -0.2) is 21.3 Å². The van der Waals surface area contributed by atoms with Crippen LogP contribution in [0.2, 0.25) is 0 Å². The van der Waals surface area contributed by atoms with E-state index in [1.54, 1.807) is 0 Å². The summed E-state index contributed by atoms with van der Waals surface area (Å²) in [6, 6.07) is 0. The van der Waals surface area contributed by atoms with Crippen molar-refractivity contribution in [2.24, 2.45) is 0 Å². The lowest BCUT2D eigenvalue weighted by atomic mass is 10.8. The van der Waals surface area contributed by atoms with Gasteiger partial charge in [0.05, 0.1) is 0 Å². The summed E-state index contributed by atoms with van der Waals surface area (Å²) in [5.74, 6) is 0. The van der Waals surface area contributed by atoms with E-state index >= 15 is 0 Å². The third-order valence-corrected chi connectivity index (χ3v) is 0.415. The highest BCUT2D eigenvalue weighted by Crippen LogP contribution is 2.33. The van der Waals surface area contributed by atoms with Crippen LogP contribution in [0.3, 0.4) is 0 Å². The van der Waals surface area contributed by atoms with Crippen molar-refractivity contribution in [3.05, 3.63) is 12.7 Å². The quantitative estimate of drug-likeness (QED) is 0.176. The summed E-state index contributed by atoms with van der Waals surface area (Å²) < 4.78 is 11.8. The van der Waals surface area contributed by atoms with Crippen LogP contribution in [0.5, 0.6) is 0 Å². The van der Waals surface area contributed by atoms with E-state index in [0.717, 1.165) is 0 Å². The molecule has 0 radical (unpaired) electrons. The number of carbonyl (C=O) groups excluding carboxylic acids is 1. The highest BCUT2D eigenvalue weighted by molar-refractivity contribution is 7.46. The first kappa shape index (κ1) is 12.2. The van der Waals surface area contributed by atoms with Crippen molar-refractivity contribution in [1.29, 1.82) is 0 Å². The highest BCUT2D eigenvalue weighted by Gasteiger charge is 2.10. The van der Waals surface area contributed by atoms with E-state index in [1.165, 1.54) is 6.08 Å². The predicted octanol–water partition coefficient (Wildman–Crippen LogP) is -0.0600. The molecule has 0 aromatic carbocycles. The summed E-state index contributed by atoms with van der Waals surface area (Å²) in [7, 11) is -4.59. The zero-order valence-corrected chi connectivity index (χ0v) is 5.77. The van der Waals surface area contributed by atoms with Gasteiger partial charge in [-0.15, -0.1) is 4.67 Å². The molecule has 0 bridgehead atoms. The predicted molar refractivity (Wildman–Crippen MR) is 32.0 cm³/mol. The second kappa shape index (κ2) is 6.60. The van der Waals surface area contributed by atoms with Gasteiger partial charge < -0.3 is 9.79 Å². The Hall–Kier alpha value is -0.520. The van der Waals surface area contributed by atoms with Gasteiger partial charge >= 0.3 is 7.82 Å². The van der Waals surface area contributed by atoms with Crippen molar-refractivity contribution in [2.45, 2.75) is 0 Å². The van der Waals surface area contributed by atoms with Gasteiger partial charge in [-0.3, -0.25) is 4.79 Å². The van der Waals surface area contributed by atoms with Gasteiger partial charge in [0.15, 0.2) is 0 Å². The molecule has 0 amide bonds. The molecular formula is C3H7O6P. The molecule has 0 fully saturated rings. The van der Waals surface area contributed by atoms with Gasteiger partial charge in [0.1, 0.15) is 6.29 Å². The summed E-state index contributed by atoms with van der Waals surface area (Å²) in [5, 5.41) is 7.14. The van der Waals surface area contributed by atoms with E-state index in [4.69, 9.17) is 19.8 Å².